The Morgan fingerprint density at radius 2 is 1.61 bits per heavy atom. The molecule has 0 aliphatic carbocycles. The third kappa shape index (κ3) is 3.30. The van der Waals surface area contributed by atoms with Crippen LogP contribution in [-0.4, -0.2) is 24.2 Å². The molecule has 0 bridgehead atoms. The van der Waals surface area contributed by atoms with Crippen LogP contribution in [-0.2, 0) is 9.84 Å². The molecule has 0 saturated heterocycles. The third-order valence-electron chi connectivity index (χ3n) is 3.47. The molecule has 3 aromatic rings. The zero-order chi connectivity index (χ0) is 16.6. The first kappa shape index (κ1) is 15.8. The molecule has 0 aliphatic rings. The molecule has 0 unspecified atom stereocenters. The van der Waals surface area contributed by atoms with Crippen LogP contribution in [0.25, 0.3) is 17.1 Å². The van der Waals surface area contributed by atoms with Crippen molar-refractivity contribution in [1.82, 2.24) is 9.55 Å². The number of aryl methyl sites for hydroxylation is 1. The molecule has 0 amide bonds. The summed E-state index contributed by atoms with van der Waals surface area (Å²) in [6.45, 7) is 1.92. The summed E-state index contributed by atoms with van der Waals surface area (Å²) >= 11 is 5.94. The quantitative estimate of drug-likeness (QED) is 0.722. The Hall–Kier alpha value is -2.11. The second-order valence-electron chi connectivity index (χ2n) is 5.35. The fraction of sp³-hybridized carbons (Fsp3) is 0.118. The maximum absolute atomic E-state index is 11.6. The van der Waals surface area contributed by atoms with Gasteiger partial charge in [-0.25, -0.2) is 13.4 Å². The van der Waals surface area contributed by atoms with Gasteiger partial charge >= 0.3 is 0 Å². The minimum Gasteiger partial charge on any atom is -0.300 e. The monoisotopic (exact) mass is 346 g/mol. The standard InChI is InChI=1S/C17H15ClN2O2S/c1-12-11-20(15-7-5-14(18)6-8-15)17(19-12)13-3-9-16(10-4-13)23(2,21)22/h3-11H,1-2H3. The lowest BCUT2D eigenvalue weighted by atomic mass is 10.2. The van der Waals surface area contributed by atoms with Crippen molar-refractivity contribution in [2.75, 3.05) is 6.26 Å². The fourth-order valence-corrected chi connectivity index (χ4v) is 3.11. The van der Waals surface area contributed by atoms with Crippen molar-refractivity contribution in [3.8, 4) is 17.1 Å². The molecule has 6 heteroatoms. The second kappa shape index (κ2) is 5.83. The smallest absolute Gasteiger partial charge is 0.175 e. The van der Waals surface area contributed by atoms with Crippen LogP contribution in [0.3, 0.4) is 0 Å². The van der Waals surface area contributed by atoms with E-state index in [0.29, 0.717) is 9.92 Å². The lowest BCUT2D eigenvalue weighted by molar-refractivity contribution is 0.602. The summed E-state index contributed by atoms with van der Waals surface area (Å²) in [7, 11) is -3.21. The van der Waals surface area contributed by atoms with Gasteiger partial charge in [0.2, 0.25) is 0 Å². The lowest BCUT2D eigenvalue weighted by Crippen LogP contribution is -1.98. The number of hydrogen-bond acceptors (Lipinski definition) is 3. The van der Waals surface area contributed by atoms with Crippen LogP contribution in [0.15, 0.2) is 59.6 Å². The highest BCUT2D eigenvalue weighted by Crippen LogP contribution is 2.25. The Kier molecular flexibility index (Phi) is 4.00. The van der Waals surface area contributed by atoms with E-state index in [1.807, 2.05) is 42.0 Å². The van der Waals surface area contributed by atoms with E-state index >= 15 is 0 Å². The first-order valence-corrected chi connectivity index (χ1v) is 9.24. The molecule has 23 heavy (non-hydrogen) atoms. The van der Waals surface area contributed by atoms with Crippen LogP contribution in [0, 0.1) is 6.92 Å². The van der Waals surface area contributed by atoms with Crippen LogP contribution in [0.4, 0.5) is 0 Å². The third-order valence-corrected chi connectivity index (χ3v) is 4.85. The van der Waals surface area contributed by atoms with Gasteiger partial charge in [0, 0.05) is 28.7 Å². The van der Waals surface area contributed by atoms with E-state index in [4.69, 9.17) is 11.6 Å². The van der Waals surface area contributed by atoms with E-state index in [1.54, 1.807) is 24.3 Å². The van der Waals surface area contributed by atoms with E-state index in [-0.39, 0.29) is 0 Å². The minimum absolute atomic E-state index is 0.294. The normalized spacial score (nSPS) is 11.6. The molecule has 3 rings (SSSR count). The van der Waals surface area contributed by atoms with E-state index in [9.17, 15) is 8.42 Å². The summed E-state index contributed by atoms with van der Waals surface area (Å²) in [6, 6.07) is 14.2. The van der Waals surface area contributed by atoms with Gasteiger partial charge in [-0.3, -0.25) is 4.57 Å². The number of sulfone groups is 1. The molecular formula is C17H15ClN2O2S. The van der Waals surface area contributed by atoms with Gasteiger partial charge < -0.3 is 0 Å². The maximum Gasteiger partial charge on any atom is 0.175 e. The van der Waals surface area contributed by atoms with Gasteiger partial charge in [0.15, 0.2) is 9.84 Å². The molecule has 0 spiro atoms. The number of hydrogen-bond donors (Lipinski definition) is 0. The van der Waals surface area contributed by atoms with Gasteiger partial charge in [-0.2, -0.15) is 0 Å². The van der Waals surface area contributed by atoms with Crippen molar-refractivity contribution in [2.45, 2.75) is 11.8 Å². The van der Waals surface area contributed by atoms with Crippen molar-refractivity contribution in [3.63, 3.8) is 0 Å². The van der Waals surface area contributed by atoms with E-state index in [1.165, 1.54) is 6.26 Å². The van der Waals surface area contributed by atoms with Crippen molar-refractivity contribution in [3.05, 3.63) is 65.4 Å². The van der Waals surface area contributed by atoms with Gasteiger partial charge in [0.1, 0.15) is 5.82 Å². The zero-order valence-electron chi connectivity index (χ0n) is 12.7. The molecule has 4 nitrogen and oxygen atoms in total. The van der Waals surface area contributed by atoms with E-state index in [2.05, 4.69) is 4.98 Å². The number of rotatable bonds is 3. The van der Waals surface area contributed by atoms with Crippen LogP contribution in [0.2, 0.25) is 5.02 Å². The summed E-state index contributed by atoms with van der Waals surface area (Å²) in [6.07, 6.45) is 3.13. The van der Waals surface area contributed by atoms with Crippen molar-refractivity contribution < 1.29 is 8.42 Å². The Morgan fingerprint density at radius 3 is 2.17 bits per heavy atom. The number of aromatic nitrogens is 2. The zero-order valence-corrected chi connectivity index (χ0v) is 14.3. The summed E-state index contributed by atoms with van der Waals surface area (Å²) in [5.74, 6) is 0.755. The molecule has 118 valence electrons. The van der Waals surface area contributed by atoms with Crippen LogP contribution >= 0.6 is 11.6 Å². The fourth-order valence-electron chi connectivity index (χ4n) is 2.35. The Bertz CT molecular complexity index is 943. The van der Waals surface area contributed by atoms with Crippen molar-refractivity contribution in [1.29, 1.82) is 0 Å². The van der Waals surface area contributed by atoms with Crippen LogP contribution in [0.1, 0.15) is 5.69 Å². The lowest BCUT2D eigenvalue weighted by Gasteiger charge is -2.08. The largest absolute Gasteiger partial charge is 0.300 e. The molecule has 0 N–H and O–H groups in total. The summed E-state index contributed by atoms with van der Waals surface area (Å²) in [4.78, 5) is 4.85. The molecular weight excluding hydrogens is 332 g/mol. The highest BCUT2D eigenvalue weighted by molar-refractivity contribution is 7.90. The molecule has 0 saturated carbocycles. The second-order valence-corrected chi connectivity index (χ2v) is 7.80. The highest BCUT2D eigenvalue weighted by atomic mass is 35.5. The van der Waals surface area contributed by atoms with Gasteiger partial charge in [0.25, 0.3) is 0 Å². The first-order chi connectivity index (χ1) is 10.8. The highest BCUT2D eigenvalue weighted by Gasteiger charge is 2.12. The van der Waals surface area contributed by atoms with Gasteiger partial charge in [-0.1, -0.05) is 11.6 Å². The van der Waals surface area contributed by atoms with E-state index in [0.717, 1.165) is 22.8 Å². The summed E-state index contributed by atoms with van der Waals surface area (Å²) in [5.41, 5.74) is 2.67. The molecule has 2 aromatic carbocycles. The molecule has 1 heterocycles. The molecule has 0 aliphatic heterocycles. The number of halogens is 1. The van der Waals surface area contributed by atoms with Crippen LogP contribution < -0.4 is 0 Å². The SMILES string of the molecule is Cc1cn(-c2ccc(Cl)cc2)c(-c2ccc(S(C)(=O)=O)cc2)n1. The average molecular weight is 347 g/mol. The summed E-state index contributed by atoms with van der Waals surface area (Å²) < 4.78 is 25.1. The predicted octanol–water partition coefficient (Wildman–Crippen LogP) is 3.90. The number of benzene rings is 2. The van der Waals surface area contributed by atoms with Gasteiger partial charge in [-0.05, 0) is 55.5 Å². The summed E-state index contributed by atoms with van der Waals surface area (Å²) in [5, 5.41) is 0.671. The van der Waals surface area contributed by atoms with Crippen molar-refractivity contribution >= 4 is 21.4 Å². The molecule has 1 aromatic heterocycles. The number of imidazole rings is 1. The maximum atomic E-state index is 11.6. The minimum atomic E-state index is -3.21. The van der Waals surface area contributed by atoms with Gasteiger partial charge in [-0.15, -0.1) is 0 Å². The Balaban J connectivity index is 2.09. The Labute approximate surface area is 140 Å². The molecule has 0 radical (unpaired) electrons. The molecule has 0 fully saturated rings. The topological polar surface area (TPSA) is 52.0 Å². The Morgan fingerprint density at radius 1 is 1.00 bits per heavy atom. The molecule has 0 atom stereocenters. The van der Waals surface area contributed by atoms with Gasteiger partial charge in [0.05, 0.1) is 10.6 Å². The number of nitrogens with zero attached hydrogens (tertiary/aromatic N) is 2. The van der Waals surface area contributed by atoms with E-state index < -0.39 is 9.84 Å². The van der Waals surface area contributed by atoms with Crippen LogP contribution in [0.5, 0.6) is 0 Å². The first-order valence-electron chi connectivity index (χ1n) is 6.97. The predicted molar refractivity (Wildman–Crippen MR) is 91.9 cm³/mol. The van der Waals surface area contributed by atoms with Crippen molar-refractivity contribution in [2.24, 2.45) is 0 Å². The average Bonchev–Trinajstić information content (AvgIpc) is 2.89.